The first-order chi connectivity index (χ1) is 15.2. The second-order valence-corrected chi connectivity index (χ2v) is 8.09. The molecule has 2 fully saturated rings. The summed E-state index contributed by atoms with van der Waals surface area (Å²) in [6.07, 6.45) is 4.72. The smallest absolute Gasteiger partial charge is 0.227 e. The van der Waals surface area contributed by atoms with Crippen molar-refractivity contribution in [3.63, 3.8) is 0 Å². The van der Waals surface area contributed by atoms with Crippen molar-refractivity contribution in [2.45, 2.75) is 25.4 Å². The fourth-order valence-corrected chi connectivity index (χ4v) is 4.22. The van der Waals surface area contributed by atoms with E-state index in [-0.39, 0.29) is 23.8 Å². The van der Waals surface area contributed by atoms with E-state index in [1.54, 1.807) is 12.4 Å². The summed E-state index contributed by atoms with van der Waals surface area (Å²) in [5.74, 6) is 0.917. The molecule has 7 nitrogen and oxygen atoms in total. The van der Waals surface area contributed by atoms with E-state index in [1.165, 1.54) is 0 Å². The van der Waals surface area contributed by atoms with Crippen molar-refractivity contribution in [1.82, 2.24) is 14.8 Å². The average molecular weight is 424 g/mol. The summed E-state index contributed by atoms with van der Waals surface area (Å²) in [5, 5.41) is 0. The van der Waals surface area contributed by atoms with Crippen LogP contribution in [0, 0.1) is 5.92 Å². The number of amides is 2. The molecule has 7 heteroatoms. The highest BCUT2D eigenvalue weighted by Gasteiger charge is 2.35. The van der Waals surface area contributed by atoms with Crippen LogP contribution in [0.4, 0.5) is 0 Å². The standard InChI is InChI=1S/C24H29N3O4/c28-23(15-19-5-4-9-25-17-19)27-10-8-22(31-21-6-2-1-3-7-21)20(18-27)16-24(29)26-11-13-30-14-12-26/h1-7,9,17,20,22H,8,10-16,18H2/t20-,22-/m0/s1. The predicted molar refractivity (Wildman–Crippen MR) is 116 cm³/mol. The summed E-state index contributed by atoms with van der Waals surface area (Å²) in [6.45, 7) is 3.55. The molecular formula is C24H29N3O4. The Morgan fingerprint density at radius 3 is 2.55 bits per heavy atom. The molecule has 2 aliphatic heterocycles. The molecule has 2 aromatic rings. The Labute approximate surface area is 183 Å². The highest BCUT2D eigenvalue weighted by atomic mass is 16.5. The van der Waals surface area contributed by atoms with E-state index in [2.05, 4.69) is 4.98 Å². The fraction of sp³-hybridized carbons (Fsp3) is 0.458. The highest BCUT2D eigenvalue weighted by molar-refractivity contribution is 5.79. The zero-order valence-electron chi connectivity index (χ0n) is 17.7. The second-order valence-electron chi connectivity index (χ2n) is 8.09. The molecule has 0 unspecified atom stereocenters. The van der Waals surface area contributed by atoms with Gasteiger partial charge in [0.2, 0.25) is 11.8 Å². The lowest BCUT2D eigenvalue weighted by molar-refractivity contribution is -0.141. The quantitative estimate of drug-likeness (QED) is 0.712. The number of carbonyl (C=O) groups is 2. The molecule has 0 saturated carbocycles. The van der Waals surface area contributed by atoms with Gasteiger partial charge in [0.1, 0.15) is 11.9 Å². The number of para-hydroxylation sites is 1. The van der Waals surface area contributed by atoms with Gasteiger partial charge in [-0.15, -0.1) is 0 Å². The summed E-state index contributed by atoms with van der Waals surface area (Å²) >= 11 is 0. The van der Waals surface area contributed by atoms with E-state index >= 15 is 0 Å². The third-order valence-corrected chi connectivity index (χ3v) is 5.93. The molecule has 2 amide bonds. The second kappa shape index (κ2) is 10.4. The maximum Gasteiger partial charge on any atom is 0.227 e. The van der Waals surface area contributed by atoms with Crippen molar-refractivity contribution in [2.75, 3.05) is 39.4 Å². The summed E-state index contributed by atoms with van der Waals surface area (Å²) in [6, 6.07) is 13.4. The molecular weight excluding hydrogens is 394 g/mol. The third kappa shape index (κ3) is 5.82. The molecule has 2 saturated heterocycles. The fourth-order valence-electron chi connectivity index (χ4n) is 4.22. The summed E-state index contributed by atoms with van der Waals surface area (Å²) < 4.78 is 11.6. The van der Waals surface area contributed by atoms with Crippen molar-refractivity contribution in [1.29, 1.82) is 0 Å². The van der Waals surface area contributed by atoms with Gasteiger partial charge in [-0.05, 0) is 23.8 Å². The molecule has 4 rings (SSSR count). The Morgan fingerprint density at radius 1 is 1.00 bits per heavy atom. The lowest BCUT2D eigenvalue weighted by Gasteiger charge is -2.39. The van der Waals surface area contributed by atoms with Crippen molar-refractivity contribution in [2.24, 2.45) is 5.92 Å². The van der Waals surface area contributed by atoms with Crippen molar-refractivity contribution < 1.29 is 19.1 Å². The van der Waals surface area contributed by atoms with Gasteiger partial charge >= 0.3 is 0 Å². The number of hydrogen-bond donors (Lipinski definition) is 0. The van der Waals surface area contributed by atoms with E-state index in [1.807, 2.05) is 52.3 Å². The molecule has 0 radical (unpaired) electrons. The van der Waals surface area contributed by atoms with Gasteiger partial charge in [0.05, 0.1) is 19.6 Å². The number of morpholine rings is 1. The molecule has 2 atom stereocenters. The van der Waals surface area contributed by atoms with Crippen molar-refractivity contribution in [3.05, 3.63) is 60.4 Å². The van der Waals surface area contributed by atoms with Gasteiger partial charge in [0.15, 0.2) is 0 Å². The number of carbonyl (C=O) groups excluding carboxylic acids is 2. The zero-order valence-corrected chi connectivity index (χ0v) is 17.7. The van der Waals surface area contributed by atoms with Crippen LogP contribution in [-0.4, -0.2) is 72.1 Å². The topological polar surface area (TPSA) is 72.0 Å². The van der Waals surface area contributed by atoms with Crippen LogP contribution in [0.2, 0.25) is 0 Å². The minimum absolute atomic E-state index is 0.0536. The Kier molecular flexibility index (Phi) is 7.14. The van der Waals surface area contributed by atoms with Crippen LogP contribution in [0.3, 0.4) is 0 Å². The molecule has 0 N–H and O–H groups in total. The Hall–Kier alpha value is -2.93. The van der Waals surface area contributed by atoms with Gasteiger partial charge in [-0.2, -0.15) is 0 Å². The summed E-state index contributed by atoms with van der Waals surface area (Å²) in [7, 11) is 0. The minimum Gasteiger partial charge on any atom is -0.490 e. The van der Waals surface area contributed by atoms with Gasteiger partial charge in [-0.3, -0.25) is 14.6 Å². The van der Waals surface area contributed by atoms with Crippen LogP contribution in [0.25, 0.3) is 0 Å². The Morgan fingerprint density at radius 2 is 1.81 bits per heavy atom. The van der Waals surface area contributed by atoms with Crippen LogP contribution < -0.4 is 4.74 Å². The van der Waals surface area contributed by atoms with E-state index in [0.29, 0.717) is 58.7 Å². The summed E-state index contributed by atoms with van der Waals surface area (Å²) in [4.78, 5) is 33.7. The highest BCUT2D eigenvalue weighted by Crippen LogP contribution is 2.27. The lowest BCUT2D eigenvalue weighted by atomic mass is 9.90. The van der Waals surface area contributed by atoms with Gasteiger partial charge in [-0.25, -0.2) is 0 Å². The zero-order chi connectivity index (χ0) is 21.5. The van der Waals surface area contributed by atoms with Crippen molar-refractivity contribution in [3.8, 4) is 5.75 Å². The van der Waals surface area contributed by atoms with Crippen LogP contribution >= 0.6 is 0 Å². The average Bonchev–Trinajstić information content (AvgIpc) is 2.82. The Bertz CT molecular complexity index is 856. The molecule has 2 aliphatic rings. The number of nitrogens with zero attached hydrogens (tertiary/aromatic N) is 3. The van der Waals surface area contributed by atoms with Gasteiger partial charge in [0.25, 0.3) is 0 Å². The van der Waals surface area contributed by atoms with Gasteiger partial charge in [0, 0.05) is 57.3 Å². The first-order valence-corrected chi connectivity index (χ1v) is 10.9. The number of benzene rings is 1. The number of pyridine rings is 1. The molecule has 31 heavy (non-hydrogen) atoms. The number of piperidine rings is 1. The monoisotopic (exact) mass is 423 g/mol. The number of likely N-dealkylation sites (tertiary alicyclic amines) is 1. The molecule has 164 valence electrons. The summed E-state index contributed by atoms with van der Waals surface area (Å²) in [5.41, 5.74) is 0.899. The van der Waals surface area contributed by atoms with E-state index < -0.39 is 0 Å². The normalized spacial score (nSPS) is 21.5. The largest absolute Gasteiger partial charge is 0.490 e. The maximum absolute atomic E-state index is 12.9. The van der Waals surface area contributed by atoms with E-state index in [0.717, 1.165) is 11.3 Å². The van der Waals surface area contributed by atoms with E-state index in [4.69, 9.17) is 9.47 Å². The lowest BCUT2D eigenvalue weighted by Crippen LogP contribution is -2.50. The SMILES string of the molecule is O=C(C[C@H]1CN(C(=O)Cc2cccnc2)CC[C@@H]1Oc1ccccc1)N1CCOCC1. The first-order valence-electron chi connectivity index (χ1n) is 10.9. The third-order valence-electron chi connectivity index (χ3n) is 5.93. The predicted octanol–water partition coefficient (Wildman–Crippen LogP) is 2.17. The van der Waals surface area contributed by atoms with Crippen LogP contribution in [0.1, 0.15) is 18.4 Å². The molecule has 0 aliphatic carbocycles. The van der Waals surface area contributed by atoms with Crippen LogP contribution in [0.5, 0.6) is 5.75 Å². The molecule has 1 aromatic carbocycles. The van der Waals surface area contributed by atoms with Crippen LogP contribution in [0.15, 0.2) is 54.9 Å². The number of ether oxygens (including phenoxy) is 2. The number of hydrogen-bond acceptors (Lipinski definition) is 5. The number of aromatic nitrogens is 1. The molecule has 1 aromatic heterocycles. The van der Waals surface area contributed by atoms with Crippen LogP contribution in [-0.2, 0) is 20.7 Å². The van der Waals surface area contributed by atoms with Crippen molar-refractivity contribution >= 4 is 11.8 Å². The number of rotatable bonds is 6. The maximum atomic E-state index is 12.9. The first kappa shape index (κ1) is 21.3. The molecule has 0 spiro atoms. The molecule has 0 bridgehead atoms. The minimum atomic E-state index is -0.102. The Balaban J connectivity index is 1.43. The van der Waals surface area contributed by atoms with E-state index in [9.17, 15) is 9.59 Å². The molecule has 3 heterocycles. The van der Waals surface area contributed by atoms with Gasteiger partial charge < -0.3 is 19.3 Å². The van der Waals surface area contributed by atoms with Gasteiger partial charge in [-0.1, -0.05) is 24.3 Å².